The Balaban J connectivity index is 2.05. The van der Waals surface area contributed by atoms with E-state index in [-0.39, 0.29) is 30.9 Å². The highest BCUT2D eigenvalue weighted by Crippen LogP contribution is 2.12. The van der Waals surface area contributed by atoms with Gasteiger partial charge in [-0.2, -0.15) is 9.82 Å². The number of hydrogen-bond donors (Lipinski definition) is 2. The zero-order valence-electron chi connectivity index (χ0n) is 10.4. The minimum atomic E-state index is -3.88. The van der Waals surface area contributed by atoms with Crippen LogP contribution in [0.5, 0.6) is 0 Å². The smallest absolute Gasteiger partial charge is 0.324 e. The highest BCUT2D eigenvalue weighted by atomic mass is 32.2. The van der Waals surface area contributed by atoms with Gasteiger partial charge < -0.3 is 9.84 Å². The third-order valence-electron chi connectivity index (χ3n) is 2.71. The van der Waals surface area contributed by atoms with Gasteiger partial charge in [0, 0.05) is 12.6 Å². The second-order valence-electron chi connectivity index (χ2n) is 4.21. The average molecular weight is 303 g/mol. The molecule has 0 aliphatic carbocycles. The second kappa shape index (κ2) is 5.59. The van der Waals surface area contributed by atoms with E-state index in [1.54, 1.807) is 0 Å². The third-order valence-corrected chi connectivity index (χ3v) is 4.13. The Hall–Kier alpha value is -1.94. The van der Waals surface area contributed by atoms with Crippen LogP contribution >= 0.6 is 0 Å². The number of aryl methyl sites for hydroxylation is 1. The van der Waals surface area contributed by atoms with Crippen molar-refractivity contribution in [3.63, 3.8) is 0 Å². The van der Waals surface area contributed by atoms with Gasteiger partial charge in [-0.05, 0) is 0 Å². The van der Waals surface area contributed by atoms with E-state index in [4.69, 9.17) is 5.11 Å². The van der Waals surface area contributed by atoms with Crippen molar-refractivity contribution in [2.75, 3.05) is 6.61 Å². The molecule has 0 bridgehead atoms. The lowest BCUT2D eigenvalue weighted by atomic mass is 10.3. The third kappa shape index (κ3) is 3.33. The number of aromatic nitrogens is 2. The predicted octanol–water partition coefficient (Wildman–Crippen LogP) is -1.05. The number of carboxylic acid groups (broad SMARTS) is 1. The van der Waals surface area contributed by atoms with E-state index >= 15 is 0 Å². The summed E-state index contributed by atoms with van der Waals surface area (Å²) in [6, 6.07) is -0.887. The molecule has 9 nitrogen and oxygen atoms in total. The molecule has 0 saturated carbocycles. The van der Waals surface area contributed by atoms with Crippen molar-refractivity contribution in [2.45, 2.75) is 30.3 Å². The molecule has 110 valence electrons. The summed E-state index contributed by atoms with van der Waals surface area (Å²) >= 11 is 0. The fourth-order valence-electron chi connectivity index (χ4n) is 1.67. The number of esters is 1. The molecule has 0 amide bonds. The van der Waals surface area contributed by atoms with Gasteiger partial charge in [0.05, 0.1) is 25.8 Å². The Bertz CT molecular complexity index is 623. The van der Waals surface area contributed by atoms with Crippen LogP contribution < -0.4 is 4.72 Å². The monoisotopic (exact) mass is 303 g/mol. The summed E-state index contributed by atoms with van der Waals surface area (Å²) in [6.07, 6.45) is 2.44. The summed E-state index contributed by atoms with van der Waals surface area (Å²) in [4.78, 5) is 21.5. The van der Waals surface area contributed by atoms with Crippen molar-refractivity contribution in [3.8, 4) is 0 Å². The maximum atomic E-state index is 12.0. The molecule has 10 heteroatoms. The van der Waals surface area contributed by atoms with E-state index < -0.39 is 28.0 Å². The second-order valence-corrected chi connectivity index (χ2v) is 5.93. The number of carboxylic acids is 1. The van der Waals surface area contributed by atoms with Crippen LogP contribution in [0.4, 0.5) is 0 Å². The van der Waals surface area contributed by atoms with Crippen molar-refractivity contribution in [3.05, 3.63) is 12.4 Å². The zero-order chi connectivity index (χ0) is 14.8. The first kappa shape index (κ1) is 14.5. The van der Waals surface area contributed by atoms with Gasteiger partial charge in [-0.1, -0.05) is 0 Å². The van der Waals surface area contributed by atoms with Crippen LogP contribution in [0.2, 0.25) is 0 Å². The Morgan fingerprint density at radius 1 is 1.60 bits per heavy atom. The average Bonchev–Trinajstić information content (AvgIpc) is 2.97. The molecule has 1 aromatic heterocycles. The summed E-state index contributed by atoms with van der Waals surface area (Å²) in [5.74, 6) is -1.61. The number of ether oxygens (including phenoxy) is 1. The number of aliphatic carboxylic acids is 1. The van der Waals surface area contributed by atoms with Gasteiger partial charge in [-0.15, -0.1) is 0 Å². The summed E-state index contributed by atoms with van der Waals surface area (Å²) < 4.78 is 32.1. The summed E-state index contributed by atoms with van der Waals surface area (Å²) in [7, 11) is -3.88. The maximum absolute atomic E-state index is 12.0. The Morgan fingerprint density at radius 3 is 2.95 bits per heavy atom. The molecular weight excluding hydrogens is 290 g/mol. The molecule has 2 heterocycles. The van der Waals surface area contributed by atoms with E-state index in [2.05, 4.69) is 14.6 Å². The van der Waals surface area contributed by atoms with E-state index in [0.29, 0.717) is 0 Å². The first-order valence-corrected chi connectivity index (χ1v) is 7.30. The van der Waals surface area contributed by atoms with Crippen molar-refractivity contribution < 1.29 is 27.9 Å². The molecule has 1 aliphatic heterocycles. The van der Waals surface area contributed by atoms with Gasteiger partial charge in [-0.25, -0.2) is 8.42 Å². The fourth-order valence-corrected chi connectivity index (χ4v) is 2.85. The highest BCUT2D eigenvalue weighted by Gasteiger charge is 2.31. The van der Waals surface area contributed by atoms with Gasteiger partial charge in [0.25, 0.3) is 0 Å². The highest BCUT2D eigenvalue weighted by molar-refractivity contribution is 7.89. The van der Waals surface area contributed by atoms with Crippen LogP contribution in [0.25, 0.3) is 0 Å². The van der Waals surface area contributed by atoms with Crippen LogP contribution in [0.3, 0.4) is 0 Å². The molecule has 0 radical (unpaired) electrons. The largest absolute Gasteiger partial charge is 0.481 e. The number of carbonyl (C=O) groups excluding carboxylic acids is 1. The normalized spacial score (nSPS) is 19.0. The van der Waals surface area contributed by atoms with Gasteiger partial charge in [0.15, 0.2) is 0 Å². The van der Waals surface area contributed by atoms with E-state index in [1.807, 2.05) is 0 Å². The minimum absolute atomic E-state index is 0.0658. The van der Waals surface area contributed by atoms with Crippen LogP contribution in [-0.2, 0) is 30.9 Å². The molecule has 0 aromatic carbocycles. The Morgan fingerprint density at radius 2 is 2.35 bits per heavy atom. The molecule has 1 unspecified atom stereocenters. The van der Waals surface area contributed by atoms with E-state index in [1.165, 1.54) is 10.9 Å². The van der Waals surface area contributed by atoms with Gasteiger partial charge in [0.1, 0.15) is 10.9 Å². The van der Waals surface area contributed by atoms with Gasteiger partial charge in [0.2, 0.25) is 10.0 Å². The topological polar surface area (TPSA) is 128 Å². The van der Waals surface area contributed by atoms with Gasteiger partial charge in [-0.3, -0.25) is 14.3 Å². The van der Waals surface area contributed by atoms with Crippen LogP contribution in [0, 0.1) is 0 Å². The predicted molar refractivity (Wildman–Crippen MR) is 64.2 cm³/mol. The Labute approximate surface area is 114 Å². The lowest BCUT2D eigenvalue weighted by Crippen LogP contribution is -2.37. The number of nitrogens with zero attached hydrogens (tertiary/aromatic N) is 2. The number of hydrogen-bond acceptors (Lipinski definition) is 6. The van der Waals surface area contributed by atoms with Crippen molar-refractivity contribution in [2.24, 2.45) is 0 Å². The van der Waals surface area contributed by atoms with Crippen molar-refractivity contribution in [1.82, 2.24) is 14.5 Å². The maximum Gasteiger partial charge on any atom is 0.324 e. The van der Waals surface area contributed by atoms with E-state index in [0.717, 1.165) is 6.20 Å². The number of carbonyl (C=O) groups is 2. The quantitative estimate of drug-likeness (QED) is 0.642. The van der Waals surface area contributed by atoms with Crippen LogP contribution in [0.15, 0.2) is 17.3 Å². The molecule has 1 fully saturated rings. The number of cyclic esters (lactones) is 1. The molecule has 20 heavy (non-hydrogen) atoms. The molecule has 1 aromatic rings. The molecule has 2 N–H and O–H groups in total. The van der Waals surface area contributed by atoms with Crippen LogP contribution in [-0.4, -0.2) is 47.9 Å². The van der Waals surface area contributed by atoms with Crippen LogP contribution in [0.1, 0.15) is 12.8 Å². The molecule has 2 rings (SSSR count). The fraction of sp³-hybridized carbons (Fsp3) is 0.500. The number of nitrogens with one attached hydrogen (secondary N) is 1. The molecule has 1 saturated heterocycles. The molecule has 1 atom stereocenters. The van der Waals surface area contributed by atoms with Crippen molar-refractivity contribution >= 4 is 22.0 Å². The lowest BCUT2D eigenvalue weighted by Gasteiger charge is -2.07. The summed E-state index contributed by atoms with van der Waals surface area (Å²) in [6.45, 7) is 0.250. The minimum Gasteiger partial charge on any atom is -0.481 e. The first-order chi connectivity index (χ1) is 9.38. The summed E-state index contributed by atoms with van der Waals surface area (Å²) in [5, 5.41) is 12.3. The van der Waals surface area contributed by atoms with Crippen molar-refractivity contribution in [1.29, 1.82) is 0 Å². The molecular formula is C10H13N3O6S. The zero-order valence-corrected chi connectivity index (χ0v) is 11.2. The SMILES string of the molecule is O=C(O)CCn1cc(S(=O)(=O)NC2CCOC2=O)cn1. The Kier molecular flexibility index (Phi) is 4.04. The number of rotatable bonds is 6. The summed E-state index contributed by atoms with van der Waals surface area (Å²) in [5.41, 5.74) is 0. The van der Waals surface area contributed by atoms with Gasteiger partial charge >= 0.3 is 11.9 Å². The lowest BCUT2D eigenvalue weighted by molar-refractivity contribution is -0.139. The molecule has 0 spiro atoms. The van der Waals surface area contributed by atoms with E-state index in [9.17, 15) is 18.0 Å². The molecule has 1 aliphatic rings. The first-order valence-electron chi connectivity index (χ1n) is 5.82. The standard InChI is InChI=1S/C10H13N3O6S/c14-9(15)1-3-13-6-7(5-11-13)20(17,18)12-8-2-4-19-10(8)16/h5-6,8,12H,1-4H2,(H,14,15). The number of sulfonamides is 1.